The molecule has 0 spiro atoms. The number of hydrogen-bond acceptors (Lipinski definition) is 6. The fraction of sp³-hybridized carbons (Fsp3) is 0.150. The molecule has 0 bridgehead atoms. The van der Waals surface area contributed by atoms with Gasteiger partial charge in [0.25, 0.3) is 5.91 Å². The Morgan fingerprint density at radius 3 is 2.71 bits per heavy atom. The van der Waals surface area contributed by atoms with Crippen molar-refractivity contribution in [3.8, 4) is 11.5 Å². The second kappa shape index (κ2) is 9.48. The monoisotopic (exact) mass is 460 g/mol. The third kappa shape index (κ3) is 5.40. The lowest BCUT2D eigenvalue weighted by Gasteiger charge is -2.10. The molecule has 0 fully saturated rings. The van der Waals surface area contributed by atoms with E-state index in [2.05, 4.69) is 26.2 Å². The molecule has 0 saturated heterocycles. The van der Waals surface area contributed by atoms with Crippen LogP contribution in [-0.2, 0) is 11.2 Å². The SMILES string of the molecule is COc1ccc(C=O)cc1OCC(=O)Nc1ncc(Cc2ccc(Br)cc2)s1. The number of methoxy groups -OCH3 is 1. The average molecular weight is 461 g/mol. The summed E-state index contributed by atoms with van der Waals surface area (Å²) in [4.78, 5) is 28.3. The summed E-state index contributed by atoms with van der Waals surface area (Å²) < 4.78 is 11.7. The lowest BCUT2D eigenvalue weighted by molar-refractivity contribution is -0.118. The quantitative estimate of drug-likeness (QED) is 0.506. The van der Waals surface area contributed by atoms with Crippen molar-refractivity contribution in [3.63, 3.8) is 0 Å². The zero-order valence-corrected chi connectivity index (χ0v) is 17.4. The Morgan fingerprint density at radius 2 is 2.00 bits per heavy atom. The number of thiazole rings is 1. The van der Waals surface area contributed by atoms with Crippen molar-refractivity contribution in [2.24, 2.45) is 0 Å². The van der Waals surface area contributed by atoms with Crippen molar-refractivity contribution in [1.82, 2.24) is 4.98 Å². The van der Waals surface area contributed by atoms with Gasteiger partial charge in [-0.3, -0.25) is 14.9 Å². The highest BCUT2D eigenvalue weighted by atomic mass is 79.9. The first-order valence-electron chi connectivity index (χ1n) is 8.32. The molecule has 144 valence electrons. The van der Waals surface area contributed by atoms with Gasteiger partial charge in [0.05, 0.1) is 7.11 Å². The summed E-state index contributed by atoms with van der Waals surface area (Å²) in [6.07, 6.45) is 3.20. The lowest BCUT2D eigenvalue weighted by atomic mass is 10.1. The first-order chi connectivity index (χ1) is 13.6. The fourth-order valence-corrected chi connectivity index (χ4v) is 3.56. The second-order valence-electron chi connectivity index (χ2n) is 5.80. The third-order valence-electron chi connectivity index (χ3n) is 3.77. The van der Waals surface area contributed by atoms with Crippen molar-refractivity contribution >= 4 is 44.6 Å². The normalized spacial score (nSPS) is 10.4. The van der Waals surface area contributed by atoms with Gasteiger partial charge in [0, 0.05) is 27.5 Å². The number of aldehydes is 1. The van der Waals surface area contributed by atoms with Gasteiger partial charge in [-0.25, -0.2) is 4.98 Å². The molecule has 8 heteroatoms. The topological polar surface area (TPSA) is 77.5 Å². The molecule has 0 atom stereocenters. The van der Waals surface area contributed by atoms with Gasteiger partial charge in [0.2, 0.25) is 0 Å². The number of halogens is 1. The molecule has 0 aliphatic carbocycles. The van der Waals surface area contributed by atoms with Crippen LogP contribution in [0.5, 0.6) is 11.5 Å². The summed E-state index contributed by atoms with van der Waals surface area (Å²) in [7, 11) is 1.49. The molecule has 1 N–H and O–H groups in total. The number of ether oxygens (including phenoxy) is 2. The standard InChI is InChI=1S/C20H17BrN2O4S/c1-26-17-7-4-14(11-24)9-18(17)27-12-19(25)23-20-22-10-16(28-20)8-13-2-5-15(21)6-3-13/h2-7,9-11H,8,12H2,1H3,(H,22,23,25). The Hall–Kier alpha value is -2.71. The molecule has 3 rings (SSSR count). The number of carbonyl (C=O) groups is 2. The molecular formula is C20H17BrN2O4S. The van der Waals surface area contributed by atoms with Crippen LogP contribution in [0.2, 0.25) is 0 Å². The van der Waals surface area contributed by atoms with E-state index in [1.54, 1.807) is 18.3 Å². The number of rotatable bonds is 8. The largest absolute Gasteiger partial charge is 0.493 e. The highest BCUT2D eigenvalue weighted by molar-refractivity contribution is 9.10. The number of amides is 1. The lowest BCUT2D eigenvalue weighted by Crippen LogP contribution is -2.20. The number of anilines is 1. The molecule has 1 aromatic heterocycles. The predicted octanol–water partition coefficient (Wildman–Crippen LogP) is 4.34. The molecule has 6 nitrogen and oxygen atoms in total. The van der Waals surface area contributed by atoms with Crippen molar-refractivity contribution in [3.05, 3.63) is 69.1 Å². The van der Waals surface area contributed by atoms with E-state index in [1.807, 2.05) is 24.3 Å². The van der Waals surface area contributed by atoms with Crippen LogP contribution in [0.15, 0.2) is 53.1 Å². The van der Waals surface area contributed by atoms with Gasteiger partial charge in [-0.15, -0.1) is 11.3 Å². The first-order valence-corrected chi connectivity index (χ1v) is 9.93. The number of aromatic nitrogens is 1. The van der Waals surface area contributed by atoms with Gasteiger partial charge in [0.15, 0.2) is 23.2 Å². The van der Waals surface area contributed by atoms with Crippen LogP contribution in [0.25, 0.3) is 0 Å². The molecule has 0 unspecified atom stereocenters. The van der Waals surface area contributed by atoms with Crippen LogP contribution >= 0.6 is 27.3 Å². The summed E-state index contributed by atoms with van der Waals surface area (Å²) in [5.74, 6) is 0.435. The van der Waals surface area contributed by atoms with E-state index in [9.17, 15) is 9.59 Å². The Labute approximate surface area is 174 Å². The Bertz CT molecular complexity index is 973. The summed E-state index contributed by atoms with van der Waals surface area (Å²) in [5, 5.41) is 3.23. The molecule has 0 saturated carbocycles. The van der Waals surface area contributed by atoms with Crippen molar-refractivity contribution < 1.29 is 19.1 Å². The predicted molar refractivity (Wildman–Crippen MR) is 112 cm³/mol. The molecule has 3 aromatic rings. The van der Waals surface area contributed by atoms with Crippen LogP contribution in [0, 0.1) is 0 Å². The molecule has 1 amide bonds. The van der Waals surface area contributed by atoms with Crippen molar-refractivity contribution in [2.45, 2.75) is 6.42 Å². The Morgan fingerprint density at radius 1 is 1.21 bits per heavy atom. The minimum atomic E-state index is -0.344. The molecule has 0 radical (unpaired) electrons. The van der Waals surface area contributed by atoms with E-state index in [1.165, 1.54) is 24.5 Å². The van der Waals surface area contributed by atoms with E-state index in [-0.39, 0.29) is 12.5 Å². The molecule has 0 aliphatic rings. The van der Waals surface area contributed by atoms with Gasteiger partial charge >= 0.3 is 0 Å². The van der Waals surface area contributed by atoms with Gasteiger partial charge in [-0.05, 0) is 35.9 Å². The van der Waals surface area contributed by atoms with Crippen LogP contribution in [-0.4, -0.2) is 30.9 Å². The molecule has 0 aliphatic heterocycles. The second-order valence-corrected chi connectivity index (χ2v) is 7.83. The zero-order valence-electron chi connectivity index (χ0n) is 15.0. The highest BCUT2D eigenvalue weighted by Gasteiger charge is 2.11. The minimum Gasteiger partial charge on any atom is -0.493 e. The van der Waals surface area contributed by atoms with Gasteiger partial charge in [-0.2, -0.15) is 0 Å². The van der Waals surface area contributed by atoms with E-state index in [0.717, 1.165) is 21.3 Å². The highest BCUT2D eigenvalue weighted by Crippen LogP contribution is 2.27. The number of carbonyl (C=O) groups excluding carboxylic acids is 2. The van der Waals surface area contributed by atoms with Crippen LogP contribution < -0.4 is 14.8 Å². The number of hydrogen-bond donors (Lipinski definition) is 1. The van der Waals surface area contributed by atoms with E-state index in [0.29, 0.717) is 28.5 Å². The summed E-state index contributed by atoms with van der Waals surface area (Å²) in [5.41, 5.74) is 1.60. The van der Waals surface area contributed by atoms with Gasteiger partial charge in [0.1, 0.15) is 6.29 Å². The summed E-state index contributed by atoms with van der Waals surface area (Å²) in [6.45, 7) is -0.222. The molecule has 28 heavy (non-hydrogen) atoms. The molecular weight excluding hydrogens is 444 g/mol. The molecule has 1 heterocycles. The Balaban J connectivity index is 1.56. The maximum Gasteiger partial charge on any atom is 0.264 e. The smallest absolute Gasteiger partial charge is 0.264 e. The van der Waals surface area contributed by atoms with Crippen LogP contribution in [0.1, 0.15) is 20.8 Å². The molecule has 2 aromatic carbocycles. The third-order valence-corrected chi connectivity index (χ3v) is 5.22. The summed E-state index contributed by atoms with van der Waals surface area (Å²) >= 11 is 4.83. The first kappa shape index (κ1) is 20.0. The minimum absolute atomic E-state index is 0.222. The van der Waals surface area contributed by atoms with Crippen molar-refractivity contribution in [1.29, 1.82) is 0 Å². The number of benzene rings is 2. The van der Waals surface area contributed by atoms with E-state index < -0.39 is 0 Å². The fourth-order valence-electron chi connectivity index (χ4n) is 2.43. The van der Waals surface area contributed by atoms with E-state index >= 15 is 0 Å². The van der Waals surface area contributed by atoms with Crippen molar-refractivity contribution in [2.75, 3.05) is 19.0 Å². The summed E-state index contributed by atoms with van der Waals surface area (Å²) in [6, 6.07) is 12.8. The zero-order chi connectivity index (χ0) is 19.9. The maximum absolute atomic E-state index is 12.2. The van der Waals surface area contributed by atoms with Crippen LogP contribution in [0.3, 0.4) is 0 Å². The van der Waals surface area contributed by atoms with Gasteiger partial charge in [-0.1, -0.05) is 28.1 Å². The van der Waals surface area contributed by atoms with E-state index in [4.69, 9.17) is 9.47 Å². The Kier molecular flexibility index (Phi) is 6.78. The number of nitrogens with zero attached hydrogens (tertiary/aromatic N) is 1. The van der Waals surface area contributed by atoms with Gasteiger partial charge < -0.3 is 9.47 Å². The average Bonchev–Trinajstić information content (AvgIpc) is 3.14. The van der Waals surface area contributed by atoms with Crippen LogP contribution in [0.4, 0.5) is 5.13 Å². The number of nitrogens with one attached hydrogen (secondary N) is 1. The maximum atomic E-state index is 12.2.